The van der Waals surface area contributed by atoms with Gasteiger partial charge in [0.2, 0.25) is 5.95 Å². The van der Waals surface area contributed by atoms with E-state index in [1.54, 1.807) is 0 Å². The molecule has 4 aromatic rings. The second kappa shape index (κ2) is 11.4. The lowest BCUT2D eigenvalue weighted by Gasteiger charge is -2.23. The van der Waals surface area contributed by atoms with Gasteiger partial charge >= 0.3 is 14.3 Å². The molecule has 45 heavy (non-hydrogen) atoms. The van der Waals surface area contributed by atoms with Gasteiger partial charge in [0, 0.05) is 0 Å². The van der Waals surface area contributed by atoms with Crippen molar-refractivity contribution in [3.63, 3.8) is 0 Å². The third-order valence-corrected chi connectivity index (χ3v) is 10.5. The van der Waals surface area contributed by atoms with Gasteiger partial charge < -0.3 is 20.9 Å². The maximum Gasteiger partial charge on any atom is 0.476 e. The number of imidazole rings is 2. The maximum absolute atomic E-state index is 16.0. The van der Waals surface area contributed by atoms with Crippen molar-refractivity contribution >= 4 is 72.9 Å². The van der Waals surface area contributed by atoms with Crippen molar-refractivity contribution in [3.05, 3.63) is 29.3 Å². The first-order chi connectivity index (χ1) is 21.3. The fourth-order valence-electron chi connectivity index (χ4n) is 5.25. The Morgan fingerprint density at radius 1 is 0.867 bits per heavy atom. The van der Waals surface area contributed by atoms with Crippen molar-refractivity contribution in [3.8, 4) is 0 Å². The molecule has 3 aliphatic heterocycles. The van der Waals surface area contributed by atoms with Crippen LogP contribution in [0.4, 0.5) is 20.5 Å². The number of nitrogens with two attached hydrogens (primary N) is 2. The first kappa shape index (κ1) is 31.2. The molecular weight excluding hydrogens is 688 g/mol. The number of rotatable bonds is 2. The summed E-state index contributed by atoms with van der Waals surface area (Å²) in [5.74, 6) is -0.196. The number of thiol groups is 2. The molecular formula is C20H24F2N10O9P2S2+2. The number of nitrogens with one attached hydrogen (secondary N) is 1. The molecule has 7 N–H and O–H groups in total. The fourth-order valence-corrected chi connectivity index (χ4v) is 8.21. The molecule has 0 amide bonds. The number of nitrogens with zero attached hydrogens (tertiary/aromatic N) is 7. The summed E-state index contributed by atoms with van der Waals surface area (Å²) in [6.45, 7) is -1.29. The van der Waals surface area contributed by atoms with Crippen molar-refractivity contribution in [2.45, 2.75) is 49.2 Å². The van der Waals surface area contributed by atoms with Crippen LogP contribution in [0.1, 0.15) is 12.5 Å². The Bertz CT molecular complexity index is 1820. The summed E-state index contributed by atoms with van der Waals surface area (Å²) in [6.07, 6.45) is -9.37. The number of H-pyrrole nitrogens is 1. The van der Waals surface area contributed by atoms with Crippen LogP contribution < -0.4 is 17.0 Å². The molecule has 2 bridgehead atoms. The van der Waals surface area contributed by atoms with Crippen molar-refractivity contribution in [2.75, 3.05) is 24.7 Å². The van der Waals surface area contributed by atoms with Crippen molar-refractivity contribution in [1.82, 2.24) is 39.0 Å². The number of aromatic nitrogens is 8. The van der Waals surface area contributed by atoms with Crippen molar-refractivity contribution < 1.29 is 46.1 Å². The zero-order valence-corrected chi connectivity index (χ0v) is 25.9. The minimum absolute atomic E-state index is 0.0523. The van der Waals surface area contributed by atoms with E-state index in [2.05, 4.69) is 54.4 Å². The van der Waals surface area contributed by atoms with Crippen molar-refractivity contribution in [2.24, 2.45) is 0 Å². The lowest BCUT2D eigenvalue weighted by Crippen LogP contribution is -2.34. The highest BCUT2D eigenvalue weighted by atomic mass is 32.7. The van der Waals surface area contributed by atoms with Gasteiger partial charge in [-0.15, -0.1) is 0 Å². The van der Waals surface area contributed by atoms with Crippen LogP contribution in [0.15, 0.2) is 23.8 Å². The molecule has 0 spiro atoms. The zero-order valence-electron chi connectivity index (χ0n) is 22.3. The molecule has 3 saturated heterocycles. The smallest absolute Gasteiger partial charge is 0.382 e. The highest BCUT2D eigenvalue weighted by Gasteiger charge is 2.60. The van der Waals surface area contributed by atoms with Gasteiger partial charge in [-0.25, -0.2) is 28.7 Å². The zero-order chi connectivity index (χ0) is 31.8. The lowest BCUT2D eigenvalue weighted by atomic mass is 10.1. The average Bonchev–Trinajstić information content (AvgIpc) is 3.72. The number of alkyl halides is 2. The molecule has 0 aromatic carbocycles. The van der Waals surface area contributed by atoms with Crippen LogP contribution in [0, 0.1) is 0 Å². The van der Waals surface area contributed by atoms with E-state index in [0.29, 0.717) is 0 Å². The molecule has 242 valence electrons. The third-order valence-electron chi connectivity index (χ3n) is 7.25. The number of anilines is 2. The topological polar surface area (TPSA) is 255 Å². The highest BCUT2D eigenvalue weighted by molar-refractivity contribution is 8.47. The Kier molecular flexibility index (Phi) is 7.90. The predicted molar refractivity (Wildman–Crippen MR) is 158 cm³/mol. The summed E-state index contributed by atoms with van der Waals surface area (Å²) in [7, 11) is -8.43. The number of halogens is 2. The number of aromatic amines is 1. The van der Waals surface area contributed by atoms with Crippen LogP contribution in [0.3, 0.4) is 0 Å². The Balaban J connectivity index is 1.20. The number of nitrogen functional groups attached to an aromatic ring is 2. The fraction of sp³-hybridized carbons (Fsp3) is 0.500. The van der Waals surface area contributed by atoms with E-state index in [9.17, 15) is 14.6 Å². The van der Waals surface area contributed by atoms with Crippen LogP contribution in [-0.4, -0.2) is 98.8 Å². The number of hydrogen-bond acceptors (Lipinski definition) is 18. The summed E-state index contributed by atoms with van der Waals surface area (Å²) >= 11 is 8.19. The predicted octanol–water partition coefficient (Wildman–Crippen LogP) is 0.611. The second-order valence-corrected chi connectivity index (χ2v) is 16.0. The van der Waals surface area contributed by atoms with Gasteiger partial charge in [0.15, 0.2) is 59.6 Å². The minimum atomic E-state index is -4.23. The molecule has 0 saturated carbocycles. The standard InChI is InChI=1S/C20H23F2N10O9P2S2/c21-8-6-1-36-42(34,44)40-12-7(39-18(9(12)22)31-4-27-10-14(23)25-3-26-15(10)31)2-37-43(35,45)41-13(8)19(38-6)32-5-28-11-16(32)29-20(24)30-17(11)33/h3-9,12-13,18-19,34-35,44-45H,1-2H2,(H4-,23,24,25,26,29,30,33)/q+1/p+1/t6-,7-,8-,9-,12-,13-,18-,19-,42?,43?/m1/s1. The van der Waals surface area contributed by atoms with Gasteiger partial charge in [0.25, 0.3) is 5.56 Å². The van der Waals surface area contributed by atoms with Gasteiger partial charge in [0.1, 0.15) is 37.3 Å². The van der Waals surface area contributed by atoms with Gasteiger partial charge in [0.05, 0.1) is 37.2 Å². The Morgan fingerprint density at radius 3 is 2.22 bits per heavy atom. The quantitative estimate of drug-likeness (QED) is 0.111. The summed E-state index contributed by atoms with van der Waals surface area (Å²) in [5, 5.41) is 0. The van der Waals surface area contributed by atoms with Gasteiger partial charge in [-0.3, -0.25) is 18.9 Å². The van der Waals surface area contributed by atoms with E-state index < -0.39 is 82.3 Å². The lowest BCUT2D eigenvalue weighted by molar-refractivity contribution is -0.0605. The number of ether oxygens (including phenoxy) is 2. The normalized spacial score (nSPS) is 37.7. The maximum atomic E-state index is 16.0. The van der Waals surface area contributed by atoms with E-state index in [-0.39, 0.29) is 34.1 Å². The molecule has 4 aromatic heterocycles. The largest absolute Gasteiger partial charge is 0.476 e. The first-order valence-electron chi connectivity index (χ1n) is 12.9. The third kappa shape index (κ3) is 5.63. The second-order valence-electron chi connectivity index (χ2n) is 10.1. The van der Waals surface area contributed by atoms with E-state index >= 15 is 8.78 Å². The van der Waals surface area contributed by atoms with Crippen LogP contribution in [0.2, 0.25) is 0 Å². The van der Waals surface area contributed by atoms with E-state index in [0.717, 1.165) is 12.7 Å². The summed E-state index contributed by atoms with van der Waals surface area (Å²) < 4.78 is 68.2. The Hall–Kier alpha value is -2.40. The van der Waals surface area contributed by atoms with Crippen LogP contribution >= 0.6 is 38.8 Å². The molecule has 7 heterocycles. The Morgan fingerprint density at radius 2 is 1.49 bits per heavy atom. The van der Waals surface area contributed by atoms with E-state index in [1.165, 1.54) is 15.5 Å². The van der Waals surface area contributed by atoms with Gasteiger partial charge in [-0.2, -0.15) is 32.9 Å². The number of fused-ring (bicyclic) bond motifs is 5. The molecule has 2 unspecified atom stereocenters. The Labute approximate surface area is 261 Å². The number of hydrogen-bond donors (Lipinski definition) is 7. The highest BCUT2D eigenvalue weighted by Crippen LogP contribution is 2.67. The molecule has 10 atom stereocenters. The van der Waals surface area contributed by atoms with E-state index in [1.807, 2.05) is 0 Å². The van der Waals surface area contributed by atoms with Crippen LogP contribution in [-0.2, 0) is 27.6 Å². The van der Waals surface area contributed by atoms with Gasteiger partial charge in [-0.05, 0) is 0 Å². The minimum Gasteiger partial charge on any atom is -0.382 e. The molecule has 7 rings (SSSR count). The average molecular weight is 713 g/mol. The summed E-state index contributed by atoms with van der Waals surface area (Å²) in [5.41, 5.74) is 11.0. The van der Waals surface area contributed by atoms with Crippen LogP contribution in [0.25, 0.3) is 22.3 Å². The molecule has 19 nitrogen and oxygen atoms in total. The molecule has 0 radical (unpaired) electrons. The molecule has 3 aliphatic rings. The molecule has 0 aliphatic carbocycles. The first-order valence-corrected chi connectivity index (χ1v) is 18.4. The monoisotopic (exact) mass is 712 g/mol. The van der Waals surface area contributed by atoms with Crippen molar-refractivity contribution in [1.29, 1.82) is 0 Å². The summed E-state index contributed by atoms with van der Waals surface area (Å²) in [6, 6.07) is 0. The SMILES string of the molecule is Nc1nc2c(ncn2[C@@H]2O[C@@H]3CO[P+](O)(S)O[C@H]4[C@@H](F)[C@H](n5cnc6c(N)ncnc65)O[C@@H]4CO[P+](O)(S)O[C@@H]2[C@@H]3F)c(=O)[nH]1. The summed E-state index contributed by atoms with van der Waals surface area (Å²) in [4.78, 5) is 56.7. The molecule has 3 fully saturated rings. The van der Waals surface area contributed by atoms with Gasteiger partial charge in [-0.1, -0.05) is 0 Å². The van der Waals surface area contributed by atoms with E-state index in [4.69, 9.17) is 39.0 Å². The molecule has 25 heteroatoms. The van der Waals surface area contributed by atoms with Crippen LogP contribution in [0.5, 0.6) is 0 Å².